The van der Waals surface area contributed by atoms with Crippen molar-refractivity contribution in [3.05, 3.63) is 92.6 Å². The first-order valence-electron chi connectivity index (χ1n) is 11.1. The molecule has 1 heterocycles. The summed E-state index contributed by atoms with van der Waals surface area (Å²) in [7, 11) is 0. The molecule has 2 nitrogen and oxygen atoms in total. The van der Waals surface area contributed by atoms with Gasteiger partial charge in [-0.05, 0) is 58.3 Å². The second-order valence-corrected chi connectivity index (χ2v) is 9.42. The van der Waals surface area contributed by atoms with Gasteiger partial charge in [-0.15, -0.1) is 6.67 Å². The maximum atomic E-state index is 2.33. The van der Waals surface area contributed by atoms with Crippen LogP contribution < -0.4 is 9.80 Å². The van der Waals surface area contributed by atoms with Crippen LogP contribution in [0.15, 0.2) is 48.8 Å². The van der Waals surface area contributed by atoms with Gasteiger partial charge in [-0.2, -0.15) is 0 Å². The molecule has 0 saturated carbocycles. The molecule has 2 aromatic carbocycles. The van der Waals surface area contributed by atoms with Gasteiger partial charge in [-0.1, -0.05) is 91.8 Å². The third kappa shape index (κ3) is 6.07. The second-order valence-electron chi connectivity index (χ2n) is 9.42. The van der Waals surface area contributed by atoms with Crippen molar-refractivity contribution < 1.29 is 21.1 Å². The van der Waals surface area contributed by atoms with E-state index < -0.39 is 0 Å². The molecule has 3 rings (SSSR count). The van der Waals surface area contributed by atoms with E-state index in [0.717, 1.165) is 0 Å². The molecule has 0 amide bonds. The van der Waals surface area contributed by atoms with Gasteiger partial charge in [-0.3, -0.25) is 0 Å². The molecule has 1 aliphatic rings. The fourth-order valence-corrected chi connectivity index (χ4v) is 4.24. The maximum absolute atomic E-state index is 2.33. The quantitative estimate of drug-likeness (QED) is 0.300. The number of rotatable bonds is 6. The normalized spacial score (nSPS) is 13.0. The second kappa shape index (κ2) is 12.6. The summed E-state index contributed by atoms with van der Waals surface area (Å²) in [6.45, 7) is 20.5. The van der Waals surface area contributed by atoms with Gasteiger partial charge in [0.2, 0.25) is 0 Å². The molecule has 2 aromatic rings. The van der Waals surface area contributed by atoms with Crippen molar-refractivity contribution in [2.75, 3.05) is 9.80 Å². The molecule has 0 radical (unpaired) electrons. The zero-order valence-electron chi connectivity index (χ0n) is 21.7. The molecule has 0 atom stereocenters. The van der Waals surface area contributed by atoms with Crippen LogP contribution in [-0.2, 0) is 21.1 Å². The molecule has 182 valence electrons. The zero-order chi connectivity index (χ0) is 21.3. The van der Waals surface area contributed by atoms with Crippen LogP contribution in [-0.4, -0.2) is 0 Å². The van der Waals surface area contributed by atoms with E-state index in [1.807, 2.05) is 0 Å². The van der Waals surface area contributed by atoms with Gasteiger partial charge in [0, 0.05) is 32.4 Å². The molecule has 32 heavy (non-hydrogen) atoms. The summed E-state index contributed by atoms with van der Waals surface area (Å²) in [4.78, 5) is 4.65. The topological polar surface area (TPSA) is 6.48 Å². The molecule has 0 spiro atoms. The minimum atomic E-state index is 0. The number of hydrogen-bond donors (Lipinski definition) is 0. The van der Waals surface area contributed by atoms with Crippen LogP contribution in [0.2, 0.25) is 0 Å². The van der Waals surface area contributed by atoms with E-state index in [0.29, 0.717) is 23.7 Å². The van der Waals surface area contributed by atoms with Crippen molar-refractivity contribution in [1.29, 1.82) is 0 Å². The Morgan fingerprint density at radius 3 is 1.00 bits per heavy atom. The van der Waals surface area contributed by atoms with E-state index in [4.69, 9.17) is 0 Å². The van der Waals surface area contributed by atoms with Gasteiger partial charge in [0.15, 0.2) is 0 Å². The SMILES string of the molecule is CC(C)c1cccc(C(C)C)c1N1C=CN(c2c(C(C)C)cccc2C(C)C)[CH-]1.[CH3-].[CH3-].[Pt]. The molecule has 0 aliphatic carbocycles. The summed E-state index contributed by atoms with van der Waals surface area (Å²) in [5.41, 5.74) is 8.29. The Morgan fingerprint density at radius 2 is 0.781 bits per heavy atom. The predicted molar refractivity (Wildman–Crippen MR) is 140 cm³/mol. The first kappa shape index (κ1) is 30.5. The van der Waals surface area contributed by atoms with Crippen LogP contribution in [0.4, 0.5) is 11.4 Å². The Bertz CT molecular complexity index is 757. The minimum Gasteiger partial charge on any atom is -0.479 e. The molecule has 3 heteroatoms. The first-order chi connectivity index (χ1) is 13.7. The standard InChI is InChI=1S/C27H37N2.2CH3.Pt/c1-18(2)22-11-9-12-23(19(3)4)26(22)28-15-16-29(17-28)27-24(20(5)6)13-10-14-25(27)21(7)8;;;/h9-21H,1-8H3;2*1H3;/q3*-1;. The molecular formula is C29H43N2Pt-3. The number of para-hydroxylation sites is 2. The monoisotopic (exact) mass is 614 g/mol. The molecular weight excluding hydrogens is 571 g/mol. The van der Waals surface area contributed by atoms with Crippen molar-refractivity contribution in [2.45, 2.75) is 79.1 Å². The van der Waals surface area contributed by atoms with E-state index >= 15 is 0 Å². The summed E-state index contributed by atoms with van der Waals surface area (Å²) < 4.78 is 0. The molecule has 0 aromatic heterocycles. The Hall–Kier alpha value is -1.53. The van der Waals surface area contributed by atoms with Crippen molar-refractivity contribution in [3.8, 4) is 0 Å². The number of nitrogens with zero attached hydrogens (tertiary/aromatic N) is 2. The van der Waals surface area contributed by atoms with Crippen molar-refractivity contribution in [2.24, 2.45) is 0 Å². The Kier molecular flexibility index (Phi) is 12.0. The summed E-state index contributed by atoms with van der Waals surface area (Å²) in [6, 6.07) is 13.5. The third-order valence-electron chi connectivity index (χ3n) is 5.84. The summed E-state index contributed by atoms with van der Waals surface area (Å²) in [5, 5.41) is 0. The average Bonchev–Trinajstić information content (AvgIpc) is 3.15. The number of anilines is 2. The van der Waals surface area contributed by atoms with Crippen molar-refractivity contribution in [3.63, 3.8) is 0 Å². The van der Waals surface area contributed by atoms with Gasteiger partial charge >= 0.3 is 0 Å². The average molecular weight is 615 g/mol. The zero-order valence-corrected chi connectivity index (χ0v) is 24.0. The Labute approximate surface area is 213 Å². The Morgan fingerprint density at radius 1 is 0.531 bits per heavy atom. The molecule has 0 saturated heterocycles. The fourth-order valence-electron chi connectivity index (χ4n) is 4.24. The maximum Gasteiger partial charge on any atom is 0.0195 e. The fraction of sp³-hybridized carbons (Fsp3) is 0.414. The summed E-state index contributed by atoms with van der Waals surface area (Å²) in [6.07, 6.45) is 4.43. The van der Waals surface area contributed by atoms with E-state index in [2.05, 4.69) is 121 Å². The Balaban J connectivity index is 0.00000320. The van der Waals surface area contributed by atoms with E-state index in [9.17, 15) is 0 Å². The van der Waals surface area contributed by atoms with Crippen LogP contribution in [0.5, 0.6) is 0 Å². The summed E-state index contributed by atoms with van der Waals surface area (Å²) >= 11 is 0. The number of hydrogen-bond acceptors (Lipinski definition) is 2. The van der Waals surface area contributed by atoms with E-state index in [-0.39, 0.29) is 35.9 Å². The van der Waals surface area contributed by atoms with Crippen molar-refractivity contribution >= 4 is 11.4 Å². The van der Waals surface area contributed by atoms with E-state index in [1.165, 1.54) is 33.6 Å². The van der Waals surface area contributed by atoms with Gasteiger partial charge in [0.1, 0.15) is 0 Å². The smallest absolute Gasteiger partial charge is 0.0195 e. The van der Waals surface area contributed by atoms with Gasteiger partial charge < -0.3 is 24.7 Å². The van der Waals surface area contributed by atoms with Crippen molar-refractivity contribution in [1.82, 2.24) is 0 Å². The molecule has 0 N–H and O–H groups in total. The predicted octanol–water partition coefficient (Wildman–Crippen LogP) is 9.00. The van der Waals surface area contributed by atoms with Crippen LogP contribution in [0.25, 0.3) is 0 Å². The molecule has 0 unspecified atom stereocenters. The number of benzene rings is 2. The molecule has 1 aliphatic heterocycles. The summed E-state index contributed by atoms with van der Waals surface area (Å²) in [5.74, 6) is 1.92. The molecule has 0 fully saturated rings. The first-order valence-corrected chi connectivity index (χ1v) is 11.1. The van der Waals surface area contributed by atoms with Crippen LogP contribution >= 0.6 is 0 Å². The molecule has 0 bridgehead atoms. The largest absolute Gasteiger partial charge is 0.479 e. The van der Waals surface area contributed by atoms with Gasteiger partial charge in [0.25, 0.3) is 0 Å². The van der Waals surface area contributed by atoms with Crippen LogP contribution in [0, 0.1) is 21.5 Å². The van der Waals surface area contributed by atoms with Gasteiger partial charge in [0.05, 0.1) is 0 Å². The van der Waals surface area contributed by atoms with Crippen LogP contribution in [0.3, 0.4) is 0 Å². The third-order valence-corrected chi connectivity index (χ3v) is 5.84. The minimum absolute atomic E-state index is 0. The van der Waals surface area contributed by atoms with E-state index in [1.54, 1.807) is 0 Å². The van der Waals surface area contributed by atoms with Gasteiger partial charge in [-0.25, -0.2) is 0 Å². The van der Waals surface area contributed by atoms with Crippen LogP contribution in [0.1, 0.15) is 101 Å².